The van der Waals surface area contributed by atoms with Crippen molar-refractivity contribution in [1.82, 2.24) is 4.90 Å². The molecule has 1 heterocycles. The summed E-state index contributed by atoms with van der Waals surface area (Å²) in [5, 5.41) is 3.27. The first-order valence-corrected chi connectivity index (χ1v) is 8.73. The fourth-order valence-corrected chi connectivity index (χ4v) is 3.09. The monoisotopic (exact) mass is 389 g/mol. The minimum absolute atomic E-state index is 0.0475. The molecule has 3 amide bonds. The minimum atomic E-state index is -0.287. The molecule has 0 saturated carbocycles. The van der Waals surface area contributed by atoms with E-state index in [0.717, 1.165) is 0 Å². The summed E-state index contributed by atoms with van der Waals surface area (Å²) in [4.78, 5) is 28.1. The van der Waals surface area contributed by atoms with Crippen molar-refractivity contribution in [2.75, 3.05) is 44.1 Å². The number of methoxy groups -OCH3 is 2. The fourth-order valence-electron chi connectivity index (χ4n) is 2.90. The molecule has 0 radical (unpaired) electrons. The van der Waals surface area contributed by atoms with Gasteiger partial charge >= 0.3 is 6.03 Å². The van der Waals surface area contributed by atoms with Crippen LogP contribution in [-0.4, -0.2) is 50.7 Å². The van der Waals surface area contributed by atoms with Crippen molar-refractivity contribution in [2.45, 2.75) is 0 Å². The van der Waals surface area contributed by atoms with E-state index in [0.29, 0.717) is 41.0 Å². The van der Waals surface area contributed by atoms with Gasteiger partial charge in [0.05, 0.1) is 19.9 Å². The average Bonchev–Trinajstić information content (AvgIpc) is 3.01. The van der Waals surface area contributed by atoms with E-state index in [1.54, 1.807) is 61.6 Å². The predicted molar refractivity (Wildman–Crippen MR) is 104 cm³/mol. The molecular formula is C19H20ClN3O4. The van der Waals surface area contributed by atoms with Gasteiger partial charge in [-0.1, -0.05) is 17.7 Å². The number of amides is 3. The van der Waals surface area contributed by atoms with Crippen LogP contribution in [0.2, 0.25) is 5.02 Å². The van der Waals surface area contributed by atoms with Gasteiger partial charge in [-0.3, -0.25) is 9.69 Å². The molecule has 27 heavy (non-hydrogen) atoms. The predicted octanol–water partition coefficient (Wildman–Crippen LogP) is 3.24. The standard InChI is InChI=1S/C19H20ClN3O4/c1-26-15-6-7-17(27-2)16(11-15)23-9-8-22(19(23)25)12-18(24)21-14-5-3-4-13(20)10-14/h3-7,10-11H,8-9,12H2,1-2H3,(H,21,24). The van der Waals surface area contributed by atoms with Crippen LogP contribution in [0.1, 0.15) is 0 Å². The Morgan fingerprint density at radius 3 is 2.67 bits per heavy atom. The second-order valence-electron chi connectivity index (χ2n) is 5.95. The van der Waals surface area contributed by atoms with Crippen LogP contribution in [0.25, 0.3) is 0 Å². The minimum Gasteiger partial charge on any atom is -0.497 e. The van der Waals surface area contributed by atoms with E-state index in [4.69, 9.17) is 21.1 Å². The van der Waals surface area contributed by atoms with E-state index in [-0.39, 0.29) is 18.5 Å². The molecule has 1 aliphatic heterocycles. The fraction of sp³-hybridized carbons (Fsp3) is 0.263. The van der Waals surface area contributed by atoms with Gasteiger partial charge in [-0.25, -0.2) is 4.79 Å². The van der Waals surface area contributed by atoms with E-state index < -0.39 is 0 Å². The van der Waals surface area contributed by atoms with Gasteiger partial charge in [-0.15, -0.1) is 0 Å². The molecule has 0 aliphatic carbocycles. The molecule has 0 bridgehead atoms. The van der Waals surface area contributed by atoms with Crippen molar-refractivity contribution in [2.24, 2.45) is 0 Å². The maximum Gasteiger partial charge on any atom is 0.325 e. The molecule has 0 unspecified atom stereocenters. The number of nitrogens with one attached hydrogen (secondary N) is 1. The Morgan fingerprint density at radius 2 is 1.96 bits per heavy atom. The molecule has 2 aromatic carbocycles. The Kier molecular flexibility index (Phi) is 5.71. The molecule has 0 spiro atoms. The van der Waals surface area contributed by atoms with Gasteiger partial charge in [0.1, 0.15) is 18.0 Å². The Balaban J connectivity index is 1.69. The van der Waals surface area contributed by atoms with E-state index in [9.17, 15) is 9.59 Å². The van der Waals surface area contributed by atoms with Gasteiger partial charge in [-0.05, 0) is 30.3 Å². The smallest absolute Gasteiger partial charge is 0.325 e. The van der Waals surface area contributed by atoms with Crippen molar-refractivity contribution in [3.8, 4) is 11.5 Å². The molecule has 2 aromatic rings. The number of urea groups is 1. The second kappa shape index (κ2) is 8.18. The lowest BCUT2D eigenvalue weighted by atomic mass is 10.2. The summed E-state index contributed by atoms with van der Waals surface area (Å²) in [5.74, 6) is 0.898. The lowest BCUT2D eigenvalue weighted by Gasteiger charge is -2.21. The first kappa shape index (κ1) is 18.8. The van der Waals surface area contributed by atoms with Crippen LogP contribution in [0.4, 0.5) is 16.2 Å². The summed E-state index contributed by atoms with van der Waals surface area (Å²) in [7, 11) is 3.10. The van der Waals surface area contributed by atoms with E-state index >= 15 is 0 Å². The number of hydrogen-bond donors (Lipinski definition) is 1. The third kappa shape index (κ3) is 4.25. The zero-order valence-electron chi connectivity index (χ0n) is 15.1. The quantitative estimate of drug-likeness (QED) is 0.823. The van der Waals surface area contributed by atoms with Gasteiger partial charge in [-0.2, -0.15) is 0 Å². The number of nitrogens with zero attached hydrogens (tertiary/aromatic N) is 2. The average molecular weight is 390 g/mol. The highest BCUT2D eigenvalue weighted by Gasteiger charge is 2.32. The zero-order valence-corrected chi connectivity index (χ0v) is 15.8. The van der Waals surface area contributed by atoms with Gasteiger partial charge in [0.25, 0.3) is 0 Å². The van der Waals surface area contributed by atoms with Crippen LogP contribution in [0.15, 0.2) is 42.5 Å². The number of carbonyl (C=O) groups excluding carboxylic acids is 2. The molecule has 7 nitrogen and oxygen atoms in total. The molecule has 8 heteroatoms. The zero-order chi connectivity index (χ0) is 19.4. The van der Waals surface area contributed by atoms with Gasteiger partial charge in [0.15, 0.2) is 0 Å². The van der Waals surface area contributed by atoms with Crippen molar-refractivity contribution in [1.29, 1.82) is 0 Å². The van der Waals surface area contributed by atoms with Crippen molar-refractivity contribution >= 4 is 34.9 Å². The highest BCUT2D eigenvalue weighted by molar-refractivity contribution is 6.30. The number of halogens is 1. The summed E-state index contributed by atoms with van der Waals surface area (Å²) in [6, 6.07) is 11.8. The van der Waals surface area contributed by atoms with Crippen LogP contribution < -0.4 is 19.7 Å². The number of rotatable bonds is 6. The van der Waals surface area contributed by atoms with Crippen LogP contribution in [-0.2, 0) is 4.79 Å². The Labute approximate surface area is 162 Å². The van der Waals surface area contributed by atoms with Crippen LogP contribution in [0, 0.1) is 0 Å². The number of benzene rings is 2. The van der Waals surface area contributed by atoms with E-state index in [2.05, 4.69) is 5.32 Å². The van der Waals surface area contributed by atoms with Gasteiger partial charge < -0.3 is 19.7 Å². The number of ether oxygens (including phenoxy) is 2. The molecular weight excluding hydrogens is 370 g/mol. The SMILES string of the molecule is COc1ccc(OC)c(N2CCN(CC(=O)Nc3cccc(Cl)c3)C2=O)c1. The molecule has 142 valence electrons. The van der Waals surface area contributed by atoms with Crippen LogP contribution >= 0.6 is 11.6 Å². The molecule has 1 N–H and O–H groups in total. The Bertz CT molecular complexity index is 859. The first-order chi connectivity index (χ1) is 13.0. The van der Waals surface area contributed by atoms with Crippen LogP contribution in [0.3, 0.4) is 0 Å². The molecule has 1 fully saturated rings. The molecule has 0 aromatic heterocycles. The maximum atomic E-state index is 12.8. The number of hydrogen-bond acceptors (Lipinski definition) is 4. The number of carbonyl (C=O) groups is 2. The van der Waals surface area contributed by atoms with E-state index in [1.165, 1.54) is 4.90 Å². The van der Waals surface area contributed by atoms with Gasteiger partial charge in [0.2, 0.25) is 5.91 Å². The van der Waals surface area contributed by atoms with Crippen molar-refractivity contribution < 1.29 is 19.1 Å². The highest BCUT2D eigenvalue weighted by atomic mass is 35.5. The Morgan fingerprint density at radius 1 is 1.15 bits per heavy atom. The summed E-state index contributed by atoms with van der Waals surface area (Å²) < 4.78 is 10.6. The normalized spacial score (nSPS) is 13.7. The molecule has 1 aliphatic rings. The molecule has 0 atom stereocenters. The summed E-state index contributed by atoms with van der Waals surface area (Å²) in [6.07, 6.45) is 0. The summed E-state index contributed by atoms with van der Waals surface area (Å²) in [5.41, 5.74) is 1.20. The highest BCUT2D eigenvalue weighted by Crippen LogP contribution is 2.34. The van der Waals surface area contributed by atoms with Crippen molar-refractivity contribution in [3.63, 3.8) is 0 Å². The third-order valence-electron chi connectivity index (χ3n) is 4.21. The second-order valence-corrected chi connectivity index (χ2v) is 6.39. The lowest BCUT2D eigenvalue weighted by molar-refractivity contribution is -0.116. The first-order valence-electron chi connectivity index (χ1n) is 8.35. The van der Waals surface area contributed by atoms with E-state index in [1.807, 2.05) is 0 Å². The Hall–Kier alpha value is -2.93. The molecule has 3 rings (SSSR count). The van der Waals surface area contributed by atoms with Gasteiger partial charge in [0, 0.05) is 29.9 Å². The summed E-state index contributed by atoms with van der Waals surface area (Å²) >= 11 is 5.92. The largest absolute Gasteiger partial charge is 0.497 e. The summed E-state index contributed by atoms with van der Waals surface area (Å²) in [6.45, 7) is 0.836. The molecule has 1 saturated heterocycles. The third-order valence-corrected chi connectivity index (χ3v) is 4.45. The van der Waals surface area contributed by atoms with Crippen LogP contribution in [0.5, 0.6) is 11.5 Å². The maximum absolute atomic E-state index is 12.8. The topological polar surface area (TPSA) is 71.1 Å². The number of anilines is 2. The van der Waals surface area contributed by atoms with Crippen molar-refractivity contribution in [3.05, 3.63) is 47.5 Å². The lowest BCUT2D eigenvalue weighted by Crippen LogP contribution is -2.37.